The number of carbonyl (C=O) groups excluding carboxylic acids is 2. The zero-order valence-electron chi connectivity index (χ0n) is 11.1. The molecule has 1 aliphatic heterocycles. The summed E-state index contributed by atoms with van der Waals surface area (Å²) in [6.07, 6.45) is 1.64. The molecule has 3 N–H and O–H groups in total. The van der Waals surface area contributed by atoms with Gasteiger partial charge in [0.05, 0.1) is 6.21 Å². The quantitative estimate of drug-likeness (QED) is 0.569. The van der Waals surface area contributed by atoms with Crippen LogP contribution in [-0.2, 0) is 4.79 Å². The molecule has 0 spiro atoms. The predicted octanol–water partition coefficient (Wildman–Crippen LogP) is 1.15. The Morgan fingerprint density at radius 1 is 1.40 bits per heavy atom. The molecule has 0 bridgehead atoms. The first-order valence-electron chi connectivity index (χ1n) is 6.10. The van der Waals surface area contributed by atoms with E-state index in [0.717, 1.165) is 11.1 Å². The molecule has 0 aliphatic carbocycles. The van der Waals surface area contributed by atoms with E-state index in [2.05, 4.69) is 10.4 Å². The summed E-state index contributed by atoms with van der Waals surface area (Å²) in [6, 6.07) is 3.33. The van der Waals surface area contributed by atoms with Crippen molar-refractivity contribution >= 4 is 18.2 Å². The van der Waals surface area contributed by atoms with Gasteiger partial charge in [-0.3, -0.25) is 4.79 Å². The molecule has 0 aromatic heterocycles. The maximum atomic E-state index is 12.1. The van der Waals surface area contributed by atoms with Gasteiger partial charge in [0.25, 0.3) is 5.91 Å². The van der Waals surface area contributed by atoms with Gasteiger partial charge in [-0.25, -0.2) is 4.79 Å². The zero-order valence-corrected chi connectivity index (χ0v) is 11.1. The van der Waals surface area contributed by atoms with Gasteiger partial charge < -0.3 is 15.5 Å². The highest BCUT2D eigenvalue weighted by Crippen LogP contribution is 2.23. The van der Waals surface area contributed by atoms with Crippen LogP contribution in [0.5, 0.6) is 11.5 Å². The molecule has 20 heavy (non-hydrogen) atoms. The molecule has 7 nitrogen and oxygen atoms in total. The second-order valence-corrected chi connectivity index (χ2v) is 4.72. The third-order valence-electron chi connectivity index (χ3n) is 3.27. The molecule has 3 amide bonds. The molecular weight excluding hydrogens is 262 g/mol. The Bertz CT molecular complexity index is 599. The molecule has 106 valence electrons. The Kier molecular flexibility index (Phi) is 3.35. The van der Waals surface area contributed by atoms with Crippen LogP contribution in [-0.4, -0.2) is 38.9 Å². The highest BCUT2D eigenvalue weighted by molar-refractivity contribution is 6.07. The summed E-state index contributed by atoms with van der Waals surface area (Å²) < 4.78 is 0. The largest absolute Gasteiger partial charge is 0.508 e. The average molecular weight is 277 g/mol. The minimum atomic E-state index is -0.953. The minimum absolute atomic E-state index is 0.0896. The highest BCUT2D eigenvalue weighted by Gasteiger charge is 2.46. The van der Waals surface area contributed by atoms with Gasteiger partial charge in [0.2, 0.25) is 0 Å². The lowest BCUT2D eigenvalue weighted by atomic mass is 10.00. The smallest absolute Gasteiger partial charge is 0.346 e. The van der Waals surface area contributed by atoms with Crippen LogP contribution in [0.1, 0.15) is 25.8 Å². The van der Waals surface area contributed by atoms with E-state index >= 15 is 0 Å². The van der Waals surface area contributed by atoms with E-state index in [1.165, 1.54) is 18.3 Å². The molecule has 1 aromatic carbocycles. The first-order valence-corrected chi connectivity index (χ1v) is 6.10. The number of nitrogens with one attached hydrogen (secondary N) is 1. The summed E-state index contributed by atoms with van der Waals surface area (Å²) in [7, 11) is 0. The number of aromatic hydroxyl groups is 2. The summed E-state index contributed by atoms with van der Waals surface area (Å²) in [4.78, 5) is 23.8. The van der Waals surface area contributed by atoms with Crippen molar-refractivity contribution in [3.63, 3.8) is 0 Å². The average Bonchev–Trinajstić information content (AvgIpc) is 2.61. The summed E-state index contributed by atoms with van der Waals surface area (Å²) in [5, 5.41) is 25.8. The molecule has 1 heterocycles. The number of carbonyl (C=O) groups is 2. The van der Waals surface area contributed by atoms with Crippen LogP contribution in [0, 0.1) is 0 Å². The van der Waals surface area contributed by atoms with Crippen LogP contribution in [0.15, 0.2) is 23.3 Å². The third kappa shape index (κ3) is 2.29. The van der Waals surface area contributed by atoms with Crippen molar-refractivity contribution in [2.24, 2.45) is 5.10 Å². The number of rotatable bonds is 3. The van der Waals surface area contributed by atoms with Crippen molar-refractivity contribution in [2.75, 3.05) is 0 Å². The van der Waals surface area contributed by atoms with Crippen LogP contribution in [0.25, 0.3) is 0 Å². The van der Waals surface area contributed by atoms with E-state index in [1.807, 2.05) is 0 Å². The van der Waals surface area contributed by atoms with Crippen molar-refractivity contribution in [2.45, 2.75) is 25.8 Å². The first kappa shape index (κ1) is 13.9. The van der Waals surface area contributed by atoms with Crippen molar-refractivity contribution < 1.29 is 19.8 Å². The number of hydrogen-bond donors (Lipinski definition) is 3. The predicted molar refractivity (Wildman–Crippen MR) is 71.4 cm³/mol. The van der Waals surface area contributed by atoms with Crippen molar-refractivity contribution in [1.82, 2.24) is 10.3 Å². The van der Waals surface area contributed by atoms with E-state index < -0.39 is 17.5 Å². The summed E-state index contributed by atoms with van der Waals surface area (Å²) in [5.74, 6) is -0.730. The Morgan fingerprint density at radius 3 is 2.65 bits per heavy atom. The van der Waals surface area contributed by atoms with Crippen LogP contribution in [0.3, 0.4) is 0 Å². The molecule has 7 heteroatoms. The molecule has 0 radical (unpaired) electrons. The molecule has 0 unspecified atom stereocenters. The van der Waals surface area contributed by atoms with E-state index in [0.29, 0.717) is 6.42 Å². The molecule has 2 rings (SSSR count). The SMILES string of the molecule is CC[C@@]1(C)NC(=O)N(/N=C/c2ccc(O)cc2O)C1=O. The Labute approximate surface area is 115 Å². The molecule has 1 atom stereocenters. The number of nitrogens with zero attached hydrogens (tertiary/aromatic N) is 2. The first-order chi connectivity index (χ1) is 9.37. The number of hydrogen-bond acceptors (Lipinski definition) is 5. The van der Waals surface area contributed by atoms with Gasteiger partial charge in [-0.05, 0) is 25.5 Å². The van der Waals surface area contributed by atoms with Crippen LogP contribution < -0.4 is 5.32 Å². The Balaban J connectivity index is 2.24. The fraction of sp³-hybridized carbons (Fsp3) is 0.308. The second-order valence-electron chi connectivity index (χ2n) is 4.72. The van der Waals surface area contributed by atoms with Gasteiger partial charge in [0, 0.05) is 11.6 Å². The van der Waals surface area contributed by atoms with E-state index in [1.54, 1.807) is 13.8 Å². The number of benzene rings is 1. The van der Waals surface area contributed by atoms with Crippen LogP contribution in [0.4, 0.5) is 4.79 Å². The topological polar surface area (TPSA) is 102 Å². The Morgan fingerprint density at radius 2 is 2.10 bits per heavy atom. The number of urea groups is 1. The van der Waals surface area contributed by atoms with Crippen molar-refractivity contribution in [1.29, 1.82) is 0 Å². The second kappa shape index (κ2) is 4.84. The molecule has 1 aliphatic rings. The van der Waals surface area contributed by atoms with Crippen molar-refractivity contribution in [3.8, 4) is 11.5 Å². The number of phenolic OH excluding ortho intramolecular Hbond substituents is 2. The standard InChI is InChI=1S/C13H15N3O4/c1-3-13(2)11(19)16(12(20)15-13)14-7-8-4-5-9(17)6-10(8)18/h4-7,17-18H,3H2,1-2H3,(H,15,20)/b14-7+/t13-/m1/s1. The maximum Gasteiger partial charge on any atom is 0.346 e. The Hall–Kier alpha value is -2.57. The highest BCUT2D eigenvalue weighted by atomic mass is 16.3. The summed E-state index contributed by atoms with van der Waals surface area (Å²) in [6.45, 7) is 3.41. The van der Waals surface area contributed by atoms with Crippen LogP contribution >= 0.6 is 0 Å². The van der Waals surface area contributed by atoms with E-state index in [4.69, 9.17) is 5.11 Å². The number of imide groups is 1. The van der Waals surface area contributed by atoms with Gasteiger partial charge in [-0.1, -0.05) is 6.92 Å². The molecular formula is C13H15N3O4. The van der Waals surface area contributed by atoms with Gasteiger partial charge in [0.15, 0.2) is 0 Å². The summed E-state index contributed by atoms with van der Waals surface area (Å²) >= 11 is 0. The minimum Gasteiger partial charge on any atom is -0.508 e. The molecule has 1 aromatic rings. The van der Waals surface area contributed by atoms with Crippen LogP contribution in [0.2, 0.25) is 0 Å². The van der Waals surface area contributed by atoms with E-state index in [9.17, 15) is 14.7 Å². The number of amides is 3. The maximum absolute atomic E-state index is 12.1. The third-order valence-corrected chi connectivity index (χ3v) is 3.27. The van der Waals surface area contributed by atoms with E-state index in [-0.39, 0.29) is 17.1 Å². The van der Waals surface area contributed by atoms with Gasteiger partial charge in [0.1, 0.15) is 17.0 Å². The van der Waals surface area contributed by atoms with Gasteiger partial charge in [-0.15, -0.1) is 5.01 Å². The fourth-order valence-corrected chi connectivity index (χ4v) is 1.77. The number of phenols is 2. The lowest BCUT2D eigenvalue weighted by Gasteiger charge is -2.17. The summed E-state index contributed by atoms with van der Waals surface area (Å²) in [5.41, 5.74) is -0.667. The molecule has 1 saturated heterocycles. The fourth-order valence-electron chi connectivity index (χ4n) is 1.77. The number of hydrazone groups is 1. The van der Waals surface area contributed by atoms with Crippen molar-refractivity contribution in [3.05, 3.63) is 23.8 Å². The van der Waals surface area contributed by atoms with Gasteiger partial charge in [-0.2, -0.15) is 5.10 Å². The molecule has 0 saturated carbocycles. The van der Waals surface area contributed by atoms with Gasteiger partial charge >= 0.3 is 6.03 Å². The lowest BCUT2D eigenvalue weighted by molar-refractivity contribution is -0.130. The zero-order chi connectivity index (χ0) is 14.9. The lowest BCUT2D eigenvalue weighted by Crippen LogP contribution is -2.42. The molecule has 1 fully saturated rings. The normalized spacial score (nSPS) is 22.6. The monoisotopic (exact) mass is 277 g/mol.